The van der Waals surface area contributed by atoms with E-state index in [9.17, 15) is 4.39 Å². The number of ether oxygens (including phenoxy) is 1. The highest BCUT2D eigenvalue weighted by atomic mass is 19.1. The molecule has 0 rings (SSSR count). The van der Waals surface area contributed by atoms with Crippen molar-refractivity contribution >= 4 is 0 Å². The molecule has 0 amide bonds. The molecule has 0 aliphatic rings. The Hall–Kier alpha value is -0.110. The summed E-state index contributed by atoms with van der Waals surface area (Å²) in [5.41, 5.74) is 0. The molecule has 0 heterocycles. The Labute approximate surface area is 43.5 Å². The molecule has 0 saturated carbocycles. The molecule has 1 nitrogen and oxygen atoms in total. The smallest absolute Gasteiger partial charge is 0.116 e. The molecule has 0 saturated heterocycles. The largest absolute Gasteiger partial charge is 0.379 e. The van der Waals surface area contributed by atoms with Gasteiger partial charge in [-0.05, 0) is 6.42 Å². The van der Waals surface area contributed by atoms with Crippen molar-refractivity contribution in [1.29, 1.82) is 0 Å². The van der Waals surface area contributed by atoms with E-state index in [4.69, 9.17) is 0 Å². The van der Waals surface area contributed by atoms with Crippen LogP contribution in [0.3, 0.4) is 0 Å². The molecule has 1 atom stereocenters. The fourth-order valence-electron chi connectivity index (χ4n) is 0.339. The molecule has 0 radical (unpaired) electrons. The molecule has 0 aliphatic heterocycles. The lowest BCUT2D eigenvalue weighted by atomic mass is 10.3. The minimum Gasteiger partial charge on any atom is -0.379 e. The minimum atomic E-state index is -0.368. The van der Waals surface area contributed by atoms with Crippen LogP contribution in [0.2, 0.25) is 0 Å². The van der Waals surface area contributed by atoms with Gasteiger partial charge in [-0.3, -0.25) is 0 Å². The summed E-state index contributed by atoms with van der Waals surface area (Å²) in [6.07, 6.45) is 0.576. The third-order valence-electron chi connectivity index (χ3n) is 0.961. The van der Waals surface area contributed by atoms with Crippen LogP contribution in [0.5, 0.6) is 0 Å². The normalized spacial score (nSPS) is 14.1. The number of halogens is 1. The molecule has 2 heteroatoms. The monoisotopic (exact) mass is 106 g/mol. The fraction of sp³-hybridized carbons (Fsp3) is 1.00. The topological polar surface area (TPSA) is 9.23 Å². The van der Waals surface area contributed by atoms with Gasteiger partial charge in [0.2, 0.25) is 0 Å². The summed E-state index contributed by atoms with van der Waals surface area (Å²) in [6.45, 7) is 1.53. The molecule has 0 N–H and O–H groups in total. The second-order valence-corrected chi connectivity index (χ2v) is 1.42. The van der Waals surface area contributed by atoms with Crippen LogP contribution < -0.4 is 0 Å². The number of hydrogen-bond donors (Lipinski definition) is 0. The summed E-state index contributed by atoms with van der Waals surface area (Å²) < 4.78 is 16.2. The average molecular weight is 106 g/mol. The first kappa shape index (κ1) is 6.89. The summed E-state index contributed by atoms with van der Waals surface area (Å²) in [5.74, 6) is 0. The van der Waals surface area contributed by atoms with E-state index in [1.165, 1.54) is 7.11 Å². The molecule has 7 heavy (non-hydrogen) atoms. The van der Waals surface area contributed by atoms with Crippen LogP contribution >= 0.6 is 0 Å². The number of methoxy groups -OCH3 is 1. The zero-order valence-corrected chi connectivity index (χ0v) is 4.78. The van der Waals surface area contributed by atoms with Gasteiger partial charge >= 0.3 is 0 Å². The molecule has 1 unspecified atom stereocenters. The van der Waals surface area contributed by atoms with Crippen molar-refractivity contribution < 1.29 is 9.13 Å². The molecular formula is C5H11FO. The second-order valence-electron chi connectivity index (χ2n) is 1.42. The molecule has 0 bridgehead atoms. The quantitative estimate of drug-likeness (QED) is 0.528. The lowest BCUT2D eigenvalue weighted by Gasteiger charge is -2.04. The Morgan fingerprint density at radius 3 is 2.29 bits per heavy atom. The van der Waals surface area contributed by atoms with Gasteiger partial charge in [-0.1, -0.05) is 6.92 Å². The van der Waals surface area contributed by atoms with Crippen molar-refractivity contribution in [2.75, 3.05) is 13.8 Å². The summed E-state index contributed by atoms with van der Waals surface area (Å²) in [6, 6.07) is 0. The van der Waals surface area contributed by atoms with Crippen LogP contribution in [0.4, 0.5) is 4.39 Å². The van der Waals surface area contributed by atoms with Crippen LogP contribution in [0.15, 0.2) is 0 Å². The predicted octanol–water partition coefficient (Wildman–Crippen LogP) is 1.38. The van der Waals surface area contributed by atoms with Gasteiger partial charge in [-0.15, -0.1) is 0 Å². The number of alkyl halides is 1. The van der Waals surface area contributed by atoms with Gasteiger partial charge in [-0.25, -0.2) is 4.39 Å². The Kier molecular flexibility index (Phi) is 4.00. The van der Waals surface area contributed by atoms with Crippen LogP contribution in [0, 0.1) is 0 Å². The maximum Gasteiger partial charge on any atom is 0.116 e. The lowest BCUT2D eigenvalue weighted by molar-refractivity contribution is 0.0766. The summed E-state index contributed by atoms with van der Waals surface area (Å²) in [4.78, 5) is 0. The SMILES string of the molecule is CCC(CF)OC. The molecule has 0 aliphatic carbocycles. The zero-order chi connectivity index (χ0) is 5.70. The van der Waals surface area contributed by atoms with Crippen LogP contribution in [0.1, 0.15) is 13.3 Å². The van der Waals surface area contributed by atoms with E-state index >= 15 is 0 Å². The van der Waals surface area contributed by atoms with Gasteiger partial charge in [0.05, 0.1) is 6.10 Å². The predicted molar refractivity (Wildman–Crippen MR) is 27.1 cm³/mol. The first-order valence-electron chi connectivity index (χ1n) is 2.43. The highest BCUT2D eigenvalue weighted by Gasteiger charge is 1.99. The van der Waals surface area contributed by atoms with Gasteiger partial charge in [0, 0.05) is 7.11 Å². The van der Waals surface area contributed by atoms with Gasteiger partial charge in [-0.2, -0.15) is 0 Å². The van der Waals surface area contributed by atoms with Gasteiger partial charge in [0.1, 0.15) is 6.67 Å². The minimum absolute atomic E-state index is 0.181. The highest BCUT2D eigenvalue weighted by Crippen LogP contribution is 1.94. The second kappa shape index (κ2) is 4.06. The molecule has 0 spiro atoms. The Morgan fingerprint density at radius 2 is 2.29 bits per heavy atom. The molecule has 0 fully saturated rings. The molecule has 0 aromatic carbocycles. The Bertz CT molecular complexity index is 29.6. The third-order valence-corrected chi connectivity index (χ3v) is 0.961. The average Bonchev–Trinajstić information content (AvgIpc) is 1.72. The lowest BCUT2D eigenvalue weighted by Crippen LogP contribution is -2.10. The van der Waals surface area contributed by atoms with Crippen molar-refractivity contribution in [3.8, 4) is 0 Å². The van der Waals surface area contributed by atoms with E-state index < -0.39 is 0 Å². The molecule has 0 aromatic heterocycles. The number of rotatable bonds is 3. The van der Waals surface area contributed by atoms with E-state index in [0.717, 1.165) is 6.42 Å². The van der Waals surface area contributed by atoms with Crippen LogP contribution in [-0.2, 0) is 4.74 Å². The first-order chi connectivity index (χ1) is 3.35. The summed E-state index contributed by atoms with van der Waals surface area (Å²) >= 11 is 0. The van der Waals surface area contributed by atoms with E-state index in [1.807, 2.05) is 6.92 Å². The van der Waals surface area contributed by atoms with Crippen molar-refractivity contribution in [3.05, 3.63) is 0 Å². The van der Waals surface area contributed by atoms with Gasteiger partial charge < -0.3 is 4.74 Å². The van der Waals surface area contributed by atoms with Gasteiger partial charge in [0.25, 0.3) is 0 Å². The Morgan fingerprint density at radius 1 is 1.71 bits per heavy atom. The summed E-state index contributed by atoms with van der Waals surface area (Å²) in [7, 11) is 1.52. The zero-order valence-electron chi connectivity index (χ0n) is 4.78. The summed E-state index contributed by atoms with van der Waals surface area (Å²) in [5, 5.41) is 0. The van der Waals surface area contributed by atoms with Crippen molar-refractivity contribution in [2.45, 2.75) is 19.4 Å². The number of hydrogen-bond acceptors (Lipinski definition) is 1. The fourth-order valence-corrected chi connectivity index (χ4v) is 0.339. The van der Waals surface area contributed by atoms with E-state index in [-0.39, 0.29) is 12.8 Å². The van der Waals surface area contributed by atoms with Crippen molar-refractivity contribution in [1.82, 2.24) is 0 Å². The van der Waals surface area contributed by atoms with Crippen molar-refractivity contribution in [2.24, 2.45) is 0 Å². The first-order valence-corrected chi connectivity index (χ1v) is 2.43. The molecular weight excluding hydrogens is 95.1 g/mol. The molecule has 44 valence electrons. The third kappa shape index (κ3) is 2.57. The maximum absolute atomic E-state index is 11.5. The Balaban J connectivity index is 2.99. The van der Waals surface area contributed by atoms with Crippen molar-refractivity contribution in [3.63, 3.8) is 0 Å². The highest BCUT2D eigenvalue weighted by molar-refractivity contribution is 4.48. The maximum atomic E-state index is 11.5. The molecule has 0 aromatic rings. The van der Waals surface area contributed by atoms with E-state index in [2.05, 4.69) is 4.74 Å². The standard InChI is InChI=1S/C5H11FO/c1-3-5(4-6)7-2/h5H,3-4H2,1-2H3. The van der Waals surface area contributed by atoms with E-state index in [1.54, 1.807) is 0 Å². The van der Waals surface area contributed by atoms with E-state index in [0.29, 0.717) is 0 Å². The van der Waals surface area contributed by atoms with Crippen LogP contribution in [0.25, 0.3) is 0 Å². The van der Waals surface area contributed by atoms with Gasteiger partial charge in [0.15, 0.2) is 0 Å². The van der Waals surface area contributed by atoms with Crippen LogP contribution in [-0.4, -0.2) is 19.9 Å².